The van der Waals surface area contributed by atoms with Gasteiger partial charge < -0.3 is 15.4 Å². The number of nitrogens with one attached hydrogen (secondary N) is 3. The summed E-state index contributed by atoms with van der Waals surface area (Å²) in [4.78, 5) is 12.5. The van der Waals surface area contributed by atoms with Crippen molar-refractivity contribution in [3.63, 3.8) is 0 Å². The van der Waals surface area contributed by atoms with Gasteiger partial charge in [0.2, 0.25) is 10.0 Å². The van der Waals surface area contributed by atoms with Gasteiger partial charge in [-0.25, -0.2) is 13.1 Å². The zero-order valence-electron chi connectivity index (χ0n) is 14.5. The van der Waals surface area contributed by atoms with Gasteiger partial charge in [-0.3, -0.25) is 4.79 Å². The Morgan fingerprint density at radius 1 is 1.32 bits per heavy atom. The number of carbonyl (C=O) groups is 1. The van der Waals surface area contributed by atoms with E-state index in [0.29, 0.717) is 18.7 Å². The SMILES string of the molecule is CNS(=O)(=O)c1cccc(C(=O)NCC2(COC)CCNCC2)c1.Cl. The van der Waals surface area contributed by atoms with E-state index in [0.717, 1.165) is 25.9 Å². The Labute approximate surface area is 155 Å². The minimum Gasteiger partial charge on any atom is -0.384 e. The Balaban J connectivity index is 0.00000312. The van der Waals surface area contributed by atoms with Crippen molar-refractivity contribution in [3.05, 3.63) is 29.8 Å². The van der Waals surface area contributed by atoms with Crippen LogP contribution in [-0.4, -0.2) is 54.7 Å². The number of halogens is 1. The quantitative estimate of drug-likeness (QED) is 0.637. The third-order valence-corrected chi connectivity index (χ3v) is 5.83. The maximum absolute atomic E-state index is 12.4. The van der Waals surface area contributed by atoms with E-state index in [1.807, 2.05) is 0 Å². The van der Waals surface area contributed by atoms with Crippen LogP contribution in [0.1, 0.15) is 23.2 Å². The zero-order valence-corrected chi connectivity index (χ0v) is 16.1. The predicted molar refractivity (Wildman–Crippen MR) is 98.7 cm³/mol. The number of benzene rings is 1. The van der Waals surface area contributed by atoms with Crippen molar-refractivity contribution in [2.24, 2.45) is 5.41 Å². The first kappa shape index (κ1) is 21.9. The van der Waals surface area contributed by atoms with Gasteiger partial charge in [-0.15, -0.1) is 12.4 Å². The summed E-state index contributed by atoms with van der Waals surface area (Å²) in [6, 6.07) is 6.01. The van der Waals surface area contributed by atoms with E-state index >= 15 is 0 Å². The summed E-state index contributed by atoms with van der Waals surface area (Å²) >= 11 is 0. The first-order valence-corrected chi connectivity index (χ1v) is 9.42. The summed E-state index contributed by atoms with van der Waals surface area (Å²) in [5.41, 5.74) is 0.248. The van der Waals surface area contributed by atoms with Crippen LogP contribution in [-0.2, 0) is 14.8 Å². The fraction of sp³-hybridized carbons (Fsp3) is 0.562. The second-order valence-electron chi connectivity index (χ2n) is 6.10. The molecule has 1 fully saturated rings. The summed E-state index contributed by atoms with van der Waals surface area (Å²) in [7, 11) is -0.563. The molecule has 0 saturated carbocycles. The van der Waals surface area contributed by atoms with Gasteiger partial charge >= 0.3 is 0 Å². The molecule has 1 aromatic carbocycles. The van der Waals surface area contributed by atoms with Gasteiger partial charge in [-0.2, -0.15) is 0 Å². The van der Waals surface area contributed by atoms with Crippen LogP contribution in [0.4, 0.5) is 0 Å². The van der Waals surface area contributed by atoms with E-state index < -0.39 is 10.0 Å². The molecule has 1 aliphatic rings. The lowest BCUT2D eigenvalue weighted by atomic mass is 9.79. The van der Waals surface area contributed by atoms with Crippen molar-refractivity contribution in [1.82, 2.24) is 15.4 Å². The molecular formula is C16H26ClN3O4S. The highest BCUT2D eigenvalue weighted by atomic mass is 35.5. The number of ether oxygens (including phenoxy) is 1. The lowest BCUT2D eigenvalue weighted by Gasteiger charge is -2.37. The van der Waals surface area contributed by atoms with E-state index in [9.17, 15) is 13.2 Å². The van der Waals surface area contributed by atoms with E-state index in [2.05, 4.69) is 15.4 Å². The summed E-state index contributed by atoms with van der Waals surface area (Å²) in [6.07, 6.45) is 1.85. The number of methoxy groups -OCH3 is 1. The number of amides is 1. The third-order valence-electron chi connectivity index (χ3n) is 4.41. The Hall–Kier alpha value is -1.19. The Kier molecular flexibility index (Phi) is 8.30. The lowest BCUT2D eigenvalue weighted by molar-refractivity contribution is 0.0511. The van der Waals surface area contributed by atoms with Crippen molar-refractivity contribution < 1.29 is 17.9 Å². The Morgan fingerprint density at radius 3 is 2.60 bits per heavy atom. The summed E-state index contributed by atoms with van der Waals surface area (Å²) < 4.78 is 31.3. The van der Waals surface area contributed by atoms with Gasteiger partial charge in [-0.1, -0.05) is 6.07 Å². The molecule has 0 radical (unpaired) electrons. The third kappa shape index (κ3) is 5.65. The minimum absolute atomic E-state index is 0. The number of carbonyl (C=O) groups excluding carboxylic acids is 1. The number of hydrogen-bond acceptors (Lipinski definition) is 5. The van der Waals surface area contributed by atoms with Gasteiger partial charge in [0.25, 0.3) is 5.91 Å². The van der Waals surface area contributed by atoms with Crippen LogP contribution in [0.25, 0.3) is 0 Å². The average Bonchev–Trinajstić information content (AvgIpc) is 2.61. The molecule has 0 aliphatic carbocycles. The molecule has 1 aromatic rings. The number of piperidine rings is 1. The van der Waals surface area contributed by atoms with Crippen LogP contribution in [0.3, 0.4) is 0 Å². The first-order chi connectivity index (χ1) is 11.4. The van der Waals surface area contributed by atoms with Crippen molar-refractivity contribution in [3.8, 4) is 0 Å². The first-order valence-electron chi connectivity index (χ1n) is 7.94. The monoisotopic (exact) mass is 391 g/mol. The fourth-order valence-corrected chi connectivity index (χ4v) is 3.70. The van der Waals surface area contributed by atoms with Gasteiger partial charge in [0.15, 0.2) is 0 Å². The van der Waals surface area contributed by atoms with Gasteiger partial charge in [0.1, 0.15) is 0 Å². The second kappa shape index (κ2) is 9.49. The molecule has 0 bridgehead atoms. The summed E-state index contributed by atoms with van der Waals surface area (Å²) in [5, 5.41) is 6.23. The molecule has 1 heterocycles. The van der Waals surface area contributed by atoms with Gasteiger partial charge in [-0.05, 0) is 51.2 Å². The largest absolute Gasteiger partial charge is 0.384 e. The highest BCUT2D eigenvalue weighted by Gasteiger charge is 2.32. The number of rotatable bonds is 7. The normalized spacial score (nSPS) is 16.7. The maximum Gasteiger partial charge on any atom is 0.251 e. The molecule has 2 rings (SSSR count). The van der Waals surface area contributed by atoms with Crippen molar-refractivity contribution >= 4 is 28.3 Å². The molecule has 0 aromatic heterocycles. The zero-order chi connectivity index (χ0) is 17.6. The molecular weight excluding hydrogens is 366 g/mol. The van der Waals surface area contributed by atoms with Crippen LogP contribution >= 0.6 is 12.4 Å². The summed E-state index contributed by atoms with van der Waals surface area (Å²) in [5.74, 6) is -0.280. The van der Waals surface area contributed by atoms with Crippen LogP contribution < -0.4 is 15.4 Å². The molecule has 1 saturated heterocycles. The predicted octanol–water partition coefficient (Wildman–Crippen LogP) is 0.762. The Bertz CT molecular complexity index is 670. The van der Waals surface area contributed by atoms with Crippen molar-refractivity contribution in [2.45, 2.75) is 17.7 Å². The number of sulfonamides is 1. The fourth-order valence-electron chi connectivity index (χ4n) is 2.93. The molecule has 0 spiro atoms. The summed E-state index contributed by atoms with van der Waals surface area (Å²) in [6.45, 7) is 2.89. The molecule has 0 unspecified atom stereocenters. The van der Waals surface area contributed by atoms with Crippen LogP contribution in [0.2, 0.25) is 0 Å². The number of hydrogen-bond donors (Lipinski definition) is 3. The second-order valence-corrected chi connectivity index (χ2v) is 7.99. The minimum atomic E-state index is -3.57. The highest BCUT2D eigenvalue weighted by molar-refractivity contribution is 7.89. The van der Waals surface area contributed by atoms with Crippen LogP contribution in [0, 0.1) is 5.41 Å². The Morgan fingerprint density at radius 2 is 2.00 bits per heavy atom. The van der Waals surface area contributed by atoms with Gasteiger partial charge in [0, 0.05) is 24.6 Å². The smallest absolute Gasteiger partial charge is 0.251 e. The molecule has 142 valence electrons. The van der Waals surface area contributed by atoms with Crippen molar-refractivity contribution in [1.29, 1.82) is 0 Å². The van der Waals surface area contributed by atoms with Crippen molar-refractivity contribution in [2.75, 3.05) is 40.4 Å². The van der Waals surface area contributed by atoms with E-state index in [1.165, 1.54) is 19.2 Å². The average molecular weight is 392 g/mol. The standard InChI is InChI=1S/C16H25N3O4S.ClH/c1-17-24(21,22)14-5-3-4-13(10-14)15(20)19-11-16(12-23-2)6-8-18-9-7-16;/h3-5,10,17-18H,6-9,11-12H2,1-2H3,(H,19,20);1H. The highest BCUT2D eigenvalue weighted by Crippen LogP contribution is 2.28. The molecule has 1 aliphatic heterocycles. The van der Waals surface area contributed by atoms with E-state index in [1.54, 1.807) is 19.2 Å². The molecule has 7 nitrogen and oxygen atoms in total. The molecule has 9 heteroatoms. The molecule has 3 N–H and O–H groups in total. The lowest BCUT2D eigenvalue weighted by Crippen LogP contribution is -2.47. The topological polar surface area (TPSA) is 96.5 Å². The van der Waals surface area contributed by atoms with Crippen LogP contribution in [0.15, 0.2) is 29.2 Å². The maximum atomic E-state index is 12.4. The molecule has 0 atom stereocenters. The van der Waals surface area contributed by atoms with Gasteiger partial charge in [0.05, 0.1) is 11.5 Å². The molecule has 25 heavy (non-hydrogen) atoms. The molecule has 1 amide bonds. The van der Waals surface area contributed by atoms with E-state index in [4.69, 9.17) is 4.74 Å². The van der Waals surface area contributed by atoms with E-state index in [-0.39, 0.29) is 28.6 Å². The van der Waals surface area contributed by atoms with Crippen LogP contribution in [0.5, 0.6) is 0 Å².